The van der Waals surface area contributed by atoms with Crippen LogP contribution in [0.15, 0.2) is 24.3 Å². The molecule has 1 saturated carbocycles. The summed E-state index contributed by atoms with van der Waals surface area (Å²) in [4.78, 5) is 14.6. The Kier molecular flexibility index (Phi) is 4.13. The number of Topliss-reactive ketones (excluding diaryl/α,β-unsaturated/α-hetero) is 1. The highest BCUT2D eigenvalue weighted by atomic mass is 32.1. The lowest BCUT2D eigenvalue weighted by atomic mass is 9.96. The van der Waals surface area contributed by atoms with Crippen LogP contribution >= 0.6 is 12.6 Å². The van der Waals surface area contributed by atoms with Crippen LogP contribution in [0.25, 0.3) is 0 Å². The van der Waals surface area contributed by atoms with Gasteiger partial charge >= 0.3 is 0 Å². The van der Waals surface area contributed by atoms with Crippen molar-refractivity contribution in [3.05, 3.63) is 35.6 Å². The minimum atomic E-state index is -0.412. The highest BCUT2D eigenvalue weighted by molar-refractivity contribution is 7.80. The summed E-state index contributed by atoms with van der Waals surface area (Å²) in [5.74, 6) is 0.203. The zero-order valence-electron chi connectivity index (χ0n) is 11.5. The van der Waals surface area contributed by atoms with Crippen LogP contribution in [0.5, 0.6) is 0 Å². The molecule has 2 aliphatic rings. The van der Waals surface area contributed by atoms with Crippen LogP contribution in [-0.4, -0.2) is 35.1 Å². The molecule has 1 aliphatic carbocycles. The third kappa shape index (κ3) is 3.07. The predicted octanol–water partition coefficient (Wildman–Crippen LogP) is 3.18. The summed E-state index contributed by atoms with van der Waals surface area (Å²) in [7, 11) is 0. The molecule has 0 spiro atoms. The number of piperidine rings is 1. The molecule has 2 atom stereocenters. The number of carbonyl (C=O) groups excluding carboxylic acids is 1. The number of ketones is 1. The largest absolute Gasteiger partial charge is 0.293 e. The molecule has 3 rings (SSSR count). The van der Waals surface area contributed by atoms with Crippen LogP contribution in [0.3, 0.4) is 0 Å². The Labute approximate surface area is 124 Å². The zero-order valence-corrected chi connectivity index (χ0v) is 12.4. The van der Waals surface area contributed by atoms with Crippen LogP contribution in [0, 0.1) is 11.7 Å². The first-order valence-corrected chi connectivity index (χ1v) is 7.86. The number of halogens is 1. The molecular weight excluding hydrogens is 273 g/mol. The number of thiol groups is 1. The summed E-state index contributed by atoms with van der Waals surface area (Å²) in [6.45, 7) is 1.23. The maximum atomic E-state index is 13.7. The van der Waals surface area contributed by atoms with Gasteiger partial charge in [-0.1, -0.05) is 12.1 Å². The number of benzene rings is 1. The van der Waals surface area contributed by atoms with E-state index < -0.39 is 5.82 Å². The van der Waals surface area contributed by atoms with Gasteiger partial charge < -0.3 is 0 Å². The van der Waals surface area contributed by atoms with Crippen molar-refractivity contribution in [3.63, 3.8) is 0 Å². The molecule has 20 heavy (non-hydrogen) atoms. The Morgan fingerprint density at radius 2 is 2.05 bits per heavy atom. The lowest BCUT2D eigenvalue weighted by Gasteiger charge is -2.38. The third-order valence-electron chi connectivity index (χ3n) is 4.42. The van der Waals surface area contributed by atoms with Crippen molar-refractivity contribution in [2.24, 2.45) is 5.92 Å². The molecule has 2 nitrogen and oxygen atoms in total. The minimum absolute atomic E-state index is 0.105. The van der Waals surface area contributed by atoms with Gasteiger partial charge in [0.25, 0.3) is 0 Å². The van der Waals surface area contributed by atoms with Gasteiger partial charge in [0.15, 0.2) is 5.78 Å². The average molecular weight is 293 g/mol. The fourth-order valence-electron chi connectivity index (χ4n) is 3.15. The number of rotatable bonds is 4. The number of nitrogens with zero attached hydrogens (tertiary/aromatic N) is 1. The van der Waals surface area contributed by atoms with Crippen molar-refractivity contribution in [2.75, 3.05) is 13.1 Å². The monoisotopic (exact) mass is 293 g/mol. The molecule has 0 N–H and O–H groups in total. The first-order chi connectivity index (χ1) is 9.65. The molecule has 0 radical (unpaired) electrons. The molecule has 4 heteroatoms. The standard InChI is InChI=1S/C16H20FNOS/c17-14-4-2-1-3-13(14)16(19)10-18-8-7-12(20)9-15(18)11-5-6-11/h1-4,11-12,15,20H,5-10H2. The summed E-state index contributed by atoms with van der Waals surface area (Å²) < 4.78 is 13.7. The molecule has 2 unspecified atom stereocenters. The molecule has 2 fully saturated rings. The van der Waals surface area contributed by atoms with E-state index in [0.29, 0.717) is 17.8 Å². The number of carbonyl (C=O) groups is 1. The van der Waals surface area contributed by atoms with Gasteiger partial charge in [-0.05, 0) is 50.3 Å². The second-order valence-electron chi connectivity index (χ2n) is 5.96. The Bertz CT molecular complexity index is 503. The zero-order chi connectivity index (χ0) is 14.1. The maximum absolute atomic E-state index is 13.7. The summed E-state index contributed by atoms with van der Waals surface area (Å²) in [5, 5.41) is 0.445. The van der Waals surface area contributed by atoms with Crippen molar-refractivity contribution in [2.45, 2.75) is 37.0 Å². The van der Waals surface area contributed by atoms with Gasteiger partial charge in [-0.3, -0.25) is 9.69 Å². The molecule has 0 amide bonds. The molecule has 1 aromatic rings. The lowest BCUT2D eigenvalue weighted by Crippen LogP contribution is -2.46. The topological polar surface area (TPSA) is 20.3 Å². The second-order valence-corrected chi connectivity index (χ2v) is 6.69. The van der Waals surface area contributed by atoms with E-state index in [9.17, 15) is 9.18 Å². The van der Waals surface area contributed by atoms with Crippen molar-refractivity contribution < 1.29 is 9.18 Å². The van der Waals surface area contributed by atoms with Crippen LogP contribution in [0.1, 0.15) is 36.0 Å². The first-order valence-electron chi connectivity index (χ1n) is 7.35. The molecule has 1 heterocycles. The van der Waals surface area contributed by atoms with E-state index in [-0.39, 0.29) is 11.3 Å². The second kappa shape index (κ2) is 5.86. The Morgan fingerprint density at radius 3 is 2.75 bits per heavy atom. The van der Waals surface area contributed by atoms with E-state index in [2.05, 4.69) is 17.5 Å². The molecule has 0 bridgehead atoms. The maximum Gasteiger partial charge on any atom is 0.179 e. The van der Waals surface area contributed by atoms with E-state index in [0.717, 1.165) is 25.3 Å². The summed E-state index contributed by atoms with van der Waals surface area (Å²) in [5.41, 5.74) is 0.218. The van der Waals surface area contributed by atoms with Crippen LogP contribution in [0.2, 0.25) is 0 Å². The van der Waals surface area contributed by atoms with E-state index in [1.807, 2.05) is 0 Å². The Hall–Kier alpha value is -0.870. The van der Waals surface area contributed by atoms with Crippen LogP contribution in [0.4, 0.5) is 4.39 Å². The summed E-state index contributed by atoms with van der Waals surface area (Å²) >= 11 is 4.59. The van der Waals surface area contributed by atoms with Gasteiger partial charge in [0.05, 0.1) is 12.1 Å². The van der Waals surface area contributed by atoms with E-state index >= 15 is 0 Å². The molecular formula is C16H20FNOS. The minimum Gasteiger partial charge on any atom is -0.293 e. The Balaban J connectivity index is 1.69. The van der Waals surface area contributed by atoms with Crippen molar-refractivity contribution in [3.8, 4) is 0 Å². The van der Waals surface area contributed by atoms with E-state index in [1.54, 1.807) is 18.2 Å². The fourth-order valence-corrected chi connectivity index (χ4v) is 3.48. The van der Waals surface area contributed by atoms with Crippen molar-refractivity contribution >= 4 is 18.4 Å². The smallest absolute Gasteiger partial charge is 0.179 e. The SMILES string of the molecule is O=C(CN1CCC(S)CC1C1CC1)c1ccccc1F. The third-order valence-corrected chi connectivity index (χ3v) is 4.89. The van der Waals surface area contributed by atoms with Gasteiger partial charge in [-0.25, -0.2) is 4.39 Å². The average Bonchev–Trinajstić information content (AvgIpc) is 3.25. The van der Waals surface area contributed by atoms with Crippen LogP contribution < -0.4 is 0 Å². The van der Waals surface area contributed by atoms with E-state index in [1.165, 1.54) is 18.9 Å². The highest BCUT2D eigenvalue weighted by Gasteiger charge is 2.39. The Morgan fingerprint density at radius 1 is 1.30 bits per heavy atom. The van der Waals surface area contributed by atoms with Gasteiger partial charge in [0, 0.05) is 11.3 Å². The summed E-state index contributed by atoms with van der Waals surface area (Å²) in [6.07, 6.45) is 4.58. The molecule has 108 valence electrons. The first kappa shape index (κ1) is 14.1. The van der Waals surface area contributed by atoms with Gasteiger partial charge in [-0.15, -0.1) is 0 Å². The number of hydrogen-bond acceptors (Lipinski definition) is 3. The fraction of sp³-hybridized carbons (Fsp3) is 0.562. The highest BCUT2D eigenvalue weighted by Crippen LogP contribution is 2.40. The summed E-state index contributed by atoms with van der Waals surface area (Å²) in [6, 6.07) is 6.72. The number of hydrogen-bond donors (Lipinski definition) is 1. The molecule has 0 aromatic heterocycles. The number of likely N-dealkylation sites (tertiary alicyclic amines) is 1. The molecule has 1 aromatic carbocycles. The normalized spacial score (nSPS) is 27.5. The van der Waals surface area contributed by atoms with Gasteiger partial charge in [-0.2, -0.15) is 12.6 Å². The van der Waals surface area contributed by atoms with Crippen LogP contribution in [-0.2, 0) is 0 Å². The van der Waals surface area contributed by atoms with Crippen molar-refractivity contribution in [1.82, 2.24) is 4.90 Å². The van der Waals surface area contributed by atoms with Gasteiger partial charge in [0.2, 0.25) is 0 Å². The van der Waals surface area contributed by atoms with E-state index in [4.69, 9.17) is 0 Å². The molecule has 1 aliphatic heterocycles. The molecule has 1 saturated heterocycles. The lowest BCUT2D eigenvalue weighted by molar-refractivity contribution is 0.0818. The quantitative estimate of drug-likeness (QED) is 0.679. The van der Waals surface area contributed by atoms with Crippen molar-refractivity contribution in [1.29, 1.82) is 0 Å². The van der Waals surface area contributed by atoms with Gasteiger partial charge in [0.1, 0.15) is 5.82 Å². The predicted molar refractivity (Wildman–Crippen MR) is 80.8 cm³/mol.